The van der Waals surface area contributed by atoms with E-state index in [0.29, 0.717) is 10.3 Å². The van der Waals surface area contributed by atoms with Crippen LogP contribution in [0.2, 0.25) is 0 Å². The fraction of sp³-hybridized carbons (Fsp3) is 0.524. The van der Waals surface area contributed by atoms with Crippen LogP contribution in [0.25, 0.3) is 0 Å². The van der Waals surface area contributed by atoms with Crippen molar-refractivity contribution in [2.45, 2.75) is 58.4 Å². The molecule has 3 heteroatoms. The van der Waals surface area contributed by atoms with Gasteiger partial charge >= 0.3 is 17.1 Å². The Morgan fingerprint density at radius 2 is 1.46 bits per heavy atom. The Morgan fingerprint density at radius 3 is 1.79 bits per heavy atom. The molecule has 2 aromatic rings. The van der Waals surface area contributed by atoms with Crippen LogP contribution < -0.4 is 5.30 Å². The Balaban J connectivity index is 0.000000751. The van der Waals surface area contributed by atoms with Crippen molar-refractivity contribution in [2.75, 3.05) is 14.1 Å². The third-order valence-corrected chi connectivity index (χ3v) is 7.11. The first-order chi connectivity index (χ1) is 10.5. The molecule has 0 saturated heterocycles. The van der Waals surface area contributed by atoms with E-state index in [-0.39, 0.29) is 25.0 Å². The van der Waals surface area contributed by atoms with Crippen LogP contribution in [-0.2, 0) is 23.6 Å². The van der Waals surface area contributed by atoms with Crippen molar-refractivity contribution in [3.63, 3.8) is 0 Å². The van der Waals surface area contributed by atoms with Crippen LogP contribution in [-0.4, -0.2) is 29.3 Å². The molecule has 136 valence electrons. The number of hydrogen-bond acceptors (Lipinski definition) is 1. The van der Waals surface area contributed by atoms with Gasteiger partial charge in [-0.1, -0.05) is 49.5 Å². The minimum absolute atomic E-state index is 0. The monoisotopic (exact) mass is 387 g/mol. The summed E-state index contributed by atoms with van der Waals surface area (Å²) in [6.45, 7) is 15.4. The van der Waals surface area contributed by atoms with Crippen LogP contribution >= 0.6 is 7.92 Å². The Morgan fingerprint density at radius 1 is 0.958 bits per heavy atom. The van der Waals surface area contributed by atoms with E-state index in [1.54, 1.807) is 5.30 Å². The van der Waals surface area contributed by atoms with Crippen molar-refractivity contribution >= 4 is 13.2 Å². The van der Waals surface area contributed by atoms with Crippen LogP contribution in [0.1, 0.15) is 47.1 Å². The first-order valence-electron chi connectivity index (χ1n) is 8.40. The van der Waals surface area contributed by atoms with E-state index in [0.717, 1.165) is 6.54 Å². The van der Waals surface area contributed by atoms with Gasteiger partial charge in [0.2, 0.25) is 0 Å². The SMILES string of the molecule is CN(C)C[c-]1cccc1P(C(C)(C)C)C(C)(C)C.[Fe+2].c1cc[cH-]c1. The van der Waals surface area contributed by atoms with Crippen molar-refractivity contribution in [2.24, 2.45) is 0 Å². The second-order valence-electron chi connectivity index (χ2n) is 8.31. The van der Waals surface area contributed by atoms with Gasteiger partial charge in [-0.2, -0.15) is 24.3 Å². The molecule has 0 spiro atoms. The van der Waals surface area contributed by atoms with Gasteiger partial charge in [0.05, 0.1) is 0 Å². The third-order valence-electron chi connectivity index (χ3n) is 3.51. The summed E-state index contributed by atoms with van der Waals surface area (Å²) in [5.74, 6) is 0. The van der Waals surface area contributed by atoms with Gasteiger partial charge in [0.25, 0.3) is 0 Å². The van der Waals surface area contributed by atoms with Crippen LogP contribution in [0.3, 0.4) is 0 Å². The number of nitrogens with zero attached hydrogens (tertiary/aromatic N) is 1. The fourth-order valence-electron chi connectivity index (χ4n) is 3.19. The van der Waals surface area contributed by atoms with Crippen LogP contribution in [0.4, 0.5) is 0 Å². The maximum absolute atomic E-state index is 2.39. The van der Waals surface area contributed by atoms with E-state index >= 15 is 0 Å². The molecular weight excluding hydrogens is 353 g/mol. The van der Waals surface area contributed by atoms with Crippen molar-refractivity contribution < 1.29 is 17.1 Å². The molecule has 0 heterocycles. The summed E-state index contributed by atoms with van der Waals surface area (Å²) in [7, 11) is 4.11. The summed E-state index contributed by atoms with van der Waals surface area (Å²) >= 11 is 0. The molecule has 0 fully saturated rings. The molecule has 0 bridgehead atoms. The zero-order chi connectivity index (χ0) is 17.7. The molecule has 24 heavy (non-hydrogen) atoms. The Hall–Kier alpha value is -0.391. The van der Waals surface area contributed by atoms with E-state index in [1.807, 2.05) is 30.3 Å². The second-order valence-corrected chi connectivity index (χ2v) is 12.1. The van der Waals surface area contributed by atoms with Gasteiger partial charge in [0, 0.05) is 0 Å². The molecule has 0 unspecified atom stereocenters. The molecule has 0 aliphatic heterocycles. The zero-order valence-corrected chi connectivity index (χ0v) is 18.6. The van der Waals surface area contributed by atoms with Crippen LogP contribution in [0.15, 0.2) is 48.5 Å². The van der Waals surface area contributed by atoms with Crippen molar-refractivity contribution in [3.8, 4) is 0 Å². The molecule has 0 aromatic heterocycles. The fourth-order valence-corrected chi connectivity index (χ4v) is 7.32. The van der Waals surface area contributed by atoms with E-state index < -0.39 is 0 Å². The first-order valence-corrected chi connectivity index (χ1v) is 9.74. The molecule has 0 amide bonds. The second kappa shape index (κ2) is 9.93. The quantitative estimate of drug-likeness (QED) is 0.378. The third kappa shape index (κ3) is 7.66. The largest absolute Gasteiger partial charge is 2.00 e. The summed E-state index contributed by atoms with van der Waals surface area (Å²) in [5, 5.41) is 2.30. The maximum atomic E-state index is 2.39. The van der Waals surface area contributed by atoms with Crippen molar-refractivity contribution in [1.82, 2.24) is 4.90 Å². The predicted octanol–water partition coefficient (Wildman–Crippen LogP) is 5.57. The topological polar surface area (TPSA) is 3.24 Å². The number of rotatable bonds is 3. The summed E-state index contributed by atoms with van der Waals surface area (Å²) < 4.78 is 0. The minimum Gasteiger partial charge on any atom is -0.316 e. The van der Waals surface area contributed by atoms with Crippen molar-refractivity contribution in [3.05, 3.63) is 54.1 Å². The molecule has 1 nitrogen and oxygen atoms in total. The molecule has 0 atom stereocenters. The Bertz CT molecular complexity index is 510. The molecule has 0 aliphatic rings. The van der Waals surface area contributed by atoms with Crippen molar-refractivity contribution in [1.29, 1.82) is 0 Å². The zero-order valence-electron chi connectivity index (χ0n) is 16.6. The van der Waals surface area contributed by atoms with Gasteiger partial charge in [-0.3, -0.25) is 0 Å². The van der Waals surface area contributed by atoms with E-state index in [2.05, 4.69) is 78.7 Å². The Labute approximate surface area is 161 Å². The average molecular weight is 387 g/mol. The van der Waals surface area contributed by atoms with Gasteiger partial charge in [0.15, 0.2) is 0 Å². The number of hydrogen-bond donors (Lipinski definition) is 0. The smallest absolute Gasteiger partial charge is 0.316 e. The molecule has 0 N–H and O–H groups in total. The van der Waals surface area contributed by atoms with Crippen LogP contribution in [0, 0.1) is 0 Å². The molecule has 0 aliphatic carbocycles. The van der Waals surface area contributed by atoms with Gasteiger partial charge in [0.1, 0.15) is 0 Å². The van der Waals surface area contributed by atoms with Crippen LogP contribution in [0.5, 0.6) is 0 Å². The molecule has 2 aromatic carbocycles. The summed E-state index contributed by atoms with van der Waals surface area (Å²) in [5.41, 5.74) is 1.51. The first kappa shape index (κ1) is 23.6. The molecular formula is C21H34FeNP. The van der Waals surface area contributed by atoms with E-state index in [9.17, 15) is 0 Å². The van der Waals surface area contributed by atoms with Gasteiger partial charge in [-0.15, -0.1) is 10.9 Å². The normalized spacial score (nSPS) is 11.9. The Kier molecular flexibility index (Phi) is 9.77. The molecule has 2 rings (SSSR count). The minimum atomic E-state index is -0.179. The predicted molar refractivity (Wildman–Crippen MR) is 108 cm³/mol. The summed E-state index contributed by atoms with van der Waals surface area (Å²) in [4.78, 5) is 2.26. The summed E-state index contributed by atoms with van der Waals surface area (Å²) in [6.07, 6.45) is 0. The van der Waals surface area contributed by atoms with Gasteiger partial charge in [-0.25, -0.2) is 24.3 Å². The summed E-state index contributed by atoms with van der Waals surface area (Å²) in [6, 6.07) is 16.9. The molecule has 0 radical (unpaired) electrons. The maximum Gasteiger partial charge on any atom is 2.00 e. The average Bonchev–Trinajstić information content (AvgIpc) is 3.00. The van der Waals surface area contributed by atoms with E-state index in [1.165, 1.54) is 5.56 Å². The van der Waals surface area contributed by atoms with Gasteiger partial charge in [-0.05, 0) is 31.0 Å². The van der Waals surface area contributed by atoms with Gasteiger partial charge < -0.3 is 4.90 Å². The molecule has 0 saturated carbocycles. The van der Waals surface area contributed by atoms with E-state index in [4.69, 9.17) is 0 Å². The standard InChI is InChI=1S/C16H29NP.C5H5.Fe/c1-15(2,3)18(16(4,5)6)14-11-9-10-13(14)12-17(7)8;1-2-4-5-3-1;/h9-11H,12H2,1-8H3;1-5H;/q2*-1;+2.